The van der Waals surface area contributed by atoms with Crippen LogP contribution >= 0.6 is 15.9 Å². The van der Waals surface area contributed by atoms with Crippen molar-refractivity contribution in [3.63, 3.8) is 0 Å². The summed E-state index contributed by atoms with van der Waals surface area (Å²) >= 11 is 3.43. The van der Waals surface area contributed by atoms with Crippen LogP contribution in [0.5, 0.6) is 11.5 Å². The number of carbonyl (C=O) groups excluding carboxylic acids is 2. The highest BCUT2D eigenvalue weighted by Crippen LogP contribution is 2.27. The van der Waals surface area contributed by atoms with Gasteiger partial charge in [0.1, 0.15) is 11.5 Å². The van der Waals surface area contributed by atoms with E-state index in [1.807, 2.05) is 41.3 Å². The van der Waals surface area contributed by atoms with Crippen LogP contribution in [0.3, 0.4) is 0 Å². The minimum Gasteiger partial charge on any atom is -0.456 e. The number of halogens is 1. The summed E-state index contributed by atoms with van der Waals surface area (Å²) in [6, 6.07) is 14.8. The number of piperidine rings is 1. The fraction of sp³-hybridized carbons (Fsp3) is 0.391. The molecule has 1 saturated heterocycles. The molecule has 0 aromatic heterocycles. The molecule has 0 spiro atoms. The molecule has 5 nitrogen and oxygen atoms in total. The first-order valence-electron chi connectivity index (χ1n) is 10.0. The van der Waals surface area contributed by atoms with Crippen LogP contribution < -0.4 is 10.1 Å². The summed E-state index contributed by atoms with van der Waals surface area (Å²) < 4.78 is 6.86. The Labute approximate surface area is 180 Å². The standard InChI is InChI=1S/C23H27BrN2O3/c1-16(2)14-22(27)26-12-10-18(11-13-26)25-23(28)20-8-3-4-9-21(20)29-19-7-5-6-17(24)15-19/h3-9,15-16,18H,10-14H2,1-2H3,(H,25,28). The number of nitrogens with one attached hydrogen (secondary N) is 1. The van der Waals surface area contributed by atoms with Gasteiger partial charge in [-0.05, 0) is 49.1 Å². The van der Waals surface area contributed by atoms with Gasteiger partial charge in [0.25, 0.3) is 5.91 Å². The number of carbonyl (C=O) groups is 2. The average Bonchev–Trinajstić information content (AvgIpc) is 2.68. The molecule has 1 aliphatic heterocycles. The highest BCUT2D eigenvalue weighted by Gasteiger charge is 2.25. The quantitative estimate of drug-likeness (QED) is 0.661. The second kappa shape index (κ2) is 9.92. The molecule has 29 heavy (non-hydrogen) atoms. The van der Waals surface area contributed by atoms with E-state index in [0.29, 0.717) is 42.5 Å². The minimum absolute atomic E-state index is 0.0597. The average molecular weight is 459 g/mol. The van der Waals surface area contributed by atoms with E-state index in [1.165, 1.54) is 0 Å². The Bertz CT molecular complexity index is 861. The minimum atomic E-state index is -0.150. The van der Waals surface area contributed by atoms with Gasteiger partial charge < -0.3 is 15.0 Å². The molecule has 2 amide bonds. The van der Waals surface area contributed by atoms with E-state index < -0.39 is 0 Å². The third-order valence-corrected chi connectivity index (χ3v) is 5.41. The largest absolute Gasteiger partial charge is 0.456 e. The van der Waals surface area contributed by atoms with Gasteiger partial charge in [0, 0.05) is 30.0 Å². The molecule has 0 unspecified atom stereocenters. The molecule has 1 N–H and O–H groups in total. The molecule has 6 heteroatoms. The van der Waals surface area contributed by atoms with Crippen molar-refractivity contribution in [2.24, 2.45) is 5.92 Å². The lowest BCUT2D eigenvalue weighted by Gasteiger charge is -2.33. The zero-order chi connectivity index (χ0) is 20.8. The third kappa shape index (κ3) is 6.07. The predicted octanol–water partition coefficient (Wildman–Crippen LogP) is 5.01. The van der Waals surface area contributed by atoms with Crippen molar-refractivity contribution in [2.75, 3.05) is 13.1 Å². The molecule has 2 aromatic rings. The summed E-state index contributed by atoms with van der Waals surface area (Å²) in [7, 11) is 0. The zero-order valence-corrected chi connectivity index (χ0v) is 18.4. The number of para-hydroxylation sites is 1. The first-order valence-corrected chi connectivity index (χ1v) is 10.8. The molecule has 0 radical (unpaired) electrons. The Morgan fingerprint density at radius 2 is 1.86 bits per heavy atom. The van der Waals surface area contributed by atoms with E-state index in [0.717, 1.165) is 17.3 Å². The van der Waals surface area contributed by atoms with Crippen LogP contribution in [0.25, 0.3) is 0 Å². The first kappa shape index (κ1) is 21.4. The molecule has 1 aliphatic rings. The van der Waals surface area contributed by atoms with Gasteiger partial charge in [-0.25, -0.2) is 0 Å². The number of likely N-dealkylation sites (tertiary alicyclic amines) is 1. The van der Waals surface area contributed by atoms with Crippen molar-refractivity contribution >= 4 is 27.7 Å². The number of ether oxygens (including phenoxy) is 1. The molecule has 0 saturated carbocycles. The topological polar surface area (TPSA) is 58.6 Å². The molecule has 0 atom stereocenters. The summed E-state index contributed by atoms with van der Waals surface area (Å²) in [5, 5.41) is 3.11. The molecule has 1 fully saturated rings. The van der Waals surface area contributed by atoms with E-state index >= 15 is 0 Å². The van der Waals surface area contributed by atoms with E-state index in [1.54, 1.807) is 12.1 Å². The van der Waals surface area contributed by atoms with Crippen LogP contribution in [0.1, 0.15) is 43.5 Å². The maximum Gasteiger partial charge on any atom is 0.255 e. The Morgan fingerprint density at radius 3 is 2.55 bits per heavy atom. The van der Waals surface area contributed by atoms with Gasteiger partial charge in [0.2, 0.25) is 5.91 Å². The highest BCUT2D eigenvalue weighted by molar-refractivity contribution is 9.10. The van der Waals surface area contributed by atoms with Crippen LogP contribution in [0.2, 0.25) is 0 Å². The second-order valence-corrected chi connectivity index (χ2v) is 8.70. The van der Waals surface area contributed by atoms with Crippen LogP contribution in [0, 0.1) is 5.92 Å². The van der Waals surface area contributed by atoms with Crippen LogP contribution in [0.4, 0.5) is 0 Å². The van der Waals surface area contributed by atoms with Crippen molar-refractivity contribution in [3.8, 4) is 11.5 Å². The molecule has 2 aromatic carbocycles. The van der Waals surface area contributed by atoms with Crippen molar-refractivity contribution < 1.29 is 14.3 Å². The number of rotatable bonds is 6. The smallest absolute Gasteiger partial charge is 0.255 e. The number of hydrogen-bond donors (Lipinski definition) is 1. The maximum absolute atomic E-state index is 12.9. The van der Waals surface area contributed by atoms with Crippen molar-refractivity contribution in [2.45, 2.75) is 39.2 Å². The Hall–Kier alpha value is -2.34. The SMILES string of the molecule is CC(C)CC(=O)N1CCC(NC(=O)c2ccccc2Oc2cccc(Br)c2)CC1. The van der Waals surface area contributed by atoms with E-state index in [9.17, 15) is 9.59 Å². The number of nitrogens with zero attached hydrogens (tertiary/aromatic N) is 1. The predicted molar refractivity (Wildman–Crippen MR) is 117 cm³/mol. The summed E-state index contributed by atoms with van der Waals surface area (Å²) in [5.41, 5.74) is 0.505. The fourth-order valence-corrected chi connectivity index (χ4v) is 3.79. The highest BCUT2D eigenvalue weighted by atomic mass is 79.9. The Kier molecular flexibility index (Phi) is 7.31. The van der Waals surface area contributed by atoms with Crippen LogP contribution in [-0.4, -0.2) is 35.8 Å². The summed E-state index contributed by atoms with van der Waals surface area (Å²) in [4.78, 5) is 27.0. The van der Waals surface area contributed by atoms with Crippen molar-refractivity contribution in [1.29, 1.82) is 0 Å². The van der Waals surface area contributed by atoms with Gasteiger partial charge in [0.15, 0.2) is 0 Å². The van der Waals surface area contributed by atoms with Gasteiger partial charge in [-0.1, -0.05) is 48.0 Å². The maximum atomic E-state index is 12.9. The zero-order valence-electron chi connectivity index (χ0n) is 16.9. The lowest BCUT2D eigenvalue weighted by molar-refractivity contribution is -0.133. The molecule has 1 heterocycles. The van der Waals surface area contributed by atoms with Crippen molar-refractivity contribution in [3.05, 3.63) is 58.6 Å². The van der Waals surface area contributed by atoms with Gasteiger partial charge in [-0.3, -0.25) is 9.59 Å². The number of benzene rings is 2. The van der Waals surface area contributed by atoms with Crippen LogP contribution in [0.15, 0.2) is 53.0 Å². The first-order chi connectivity index (χ1) is 13.9. The molecular weight excluding hydrogens is 432 g/mol. The normalized spacial score (nSPS) is 14.7. The van der Waals surface area contributed by atoms with Gasteiger partial charge >= 0.3 is 0 Å². The van der Waals surface area contributed by atoms with Gasteiger partial charge in [-0.15, -0.1) is 0 Å². The molecule has 154 valence electrons. The van der Waals surface area contributed by atoms with Gasteiger partial charge in [0.05, 0.1) is 5.56 Å². The number of hydrogen-bond acceptors (Lipinski definition) is 3. The lowest BCUT2D eigenvalue weighted by atomic mass is 10.0. The molecule has 3 rings (SSSR count). The van der Waals surface area contributed by atoms with Gasteiger partial charge in [-0.2, -0.15) is 0 Å². The van der Waals surface area contributed by atoms with Crippen molar-refractivity contribution in [1.82, 2.24) is 10.2 Å². The molecule has 0 bridgehead atoms. The monoisotopic (exact) mass is 458 g/mol. The molecular formula is C23H27BrN2O3. The van der Waals surface area contributed by atoms with E-state index in [-0.39, 0.29) is 17.9 Å². The summed E-state index contributed by atoms with van der Waals surface area (Å²) in [5.74, 6) is 1.60. The van der Waals surface area contributed by atoms with E-state index in [2.05, 4.69) is 35.1 Å². The summed E-state index contributed by atoms with van der Waals surface area (Å²) in [6.45, 7) is 5.48. The summed E-state index contributed by atoms with van der Waals surface area (Å²) in [6.07, 6.45) is 2.12. The molecule has 0 aliphatic carbocycles. The Morgan fingerprint density at radius 1 is 1.14 bits per heavy atom. The Balaban J connectivity index is 1.60. The fourth-order valence-electron chi connectivity index (χ4n) is 3.42. The van der Waals surface area contributed by atoms with Crippen LogP contribution in [-0.2, 0) is 4.79 Å². The lowest BCUT2D eigenvalue weighted by Crippen LogP contribution is -2.46. The van der Waals surface area contributed by atoms with E-state index in [4.69, 9.17) is 4.74 Å². The second-order valence-electron chi connectivity index (χ2n) is 7.78. The third-order valence-electron chi connectivity index (χ3n) is 4.92. The number of amides is 2.